The lowest BCUT2D eigenvalue weighted by molar-refractivity contribution is 0.0967. The first-order valence-electron chi connectivity index (χ1n) is 11.0. The molecule has 0 atom stereocenters. The summed E-state index contributed by atoms with van der Waals surface area (Å²) < 4.78 is 7.52. The van der Waals surface area contributed by atoms with E-state index in [-0.39, 0.29) is 12.2 Å². The van der Waals surface area contributed by atoms with Crippen LogP contribution in [-0.2, 0) is 19.6 Å². The second kappa shape index (κ2) is 10.0. The van der Waals surface area contributed by atoms with Crippen molar-refractivity contribution >= 4 is 11.0 Å². The highest BCUT2D eigenvalue weighted by Crippen LogP contribution is 2.28. The van der Waals surface area contributed by atoms with Gasteiger partial charge in [-0.15, -0.1) is 4.73 Å². The van der Waals surface area contributed by atoms with Gasteiger partial charge in [0.15, 0.2) is 5.65 Å². The first kappa shape index (κ1) is 21.4. The van der Waals surface area contributed by atoms with E-state index < -0.39 is 0 Å². The predicted octanol–water partition coefficient (Wildman–Crippen LogP) is 4.59. The molecule has 0 aliphatic rings. The van der Waals surface area contributed by atoms with Crippen LogP contribution in [0.3, 0.4) is 0 Å². The SMILES string of the molecule is O=c1c(Cc2ccccc2)c(OCc2ccccc2)c2cncnc2n1OCc1ccccc1. The van der Waals surface area contributed by atoms with E-state index in [2.05, 4.69) is 9.97 Å². The molecule has 0 saturated carbocycles. The Hall–Kier alpha value is -4.45. The largest absolute Gasteiger partial charge is 0.488 e. The van der Waals surface area contributed by atoms with E-state index in [1.54, 1.807) is 6.20 Å². The van der Waals surface area contributed by atoms with Crippen LogP contribution in [0.2, 0.25) is 0 Å². The van der Waals surface area contributed by atoms with E-state index in [1.165, 1.54) is 11.1 Å². The van der Waals surface area contributed by atoms with Crippen LogP contribution in [0.5, 0.6) is 5.75 Å². The molecular formula is C28H23N3O3. The first-order valence-corrected chi connectivity index (χ1v) is 11.0. The number of hydrogen-bond donors (Lipinski definition) is 0. The van der Waals surface area contributed by atoms with Crippen LogP contribution in [0, 0.1) is 0 Å². The van der Waals surface area contributed by atoms with Gasteiger partial charge in [0, 0.05) is 12.6 Å². The zero-order valence-electron chi connectivity index (χ0n) is 18.5. The molecular weight excluding hydrogens is 426 g/mol. The van der Waals surface area contributed by atoms with Crippen molar-refractivity contribution in [2.24, 2.45) is 0 Å². The van der Waals surface area contributed by atoms with Gasteiger partial charge in [0.25, 0.3) is 5.56 Å². The van der Waals surface area contributed by atoms with Gasteiger partial charge in [-0.25, -0.2) is 9.97 Å². The lowest BCUT2D eigenvalue weighted by atomic mass is 10.0. The average molecular weight is 450 g/mol. The van der Waals surface area contributed by atoms with Crippen LogP contribution in [0.1, 0.15) is 22.3 Å². The van der Waals surface area contributed by atoms with E-state index in [1.807, 2.05) is 91.0 Å². The van der Waals surface area contributed by atoms with Crippen molar-refractivity contribution in [2.75, 3.05) is 0 Å². The lowest BCUT2D eigenvalue weighted by Crippen LogP contribution is -2.31. The van der Waals surface area contributed by atoms with Crippen molar-refractivity contribution in [3.63, 3.8) is 0 Å². The number of aromatic nitrogens is 3. The molecule has 0 N–H and O–H groups in total. The third-order valence-electron chi connectivity index (χ3n) is 5.50. The van der Waals surface area contributed by atoms with Crippen LogP contribution in [0.15, 0.2) is 108 Å². The molecule has 5 rings (SSSR count). The maximum Gasteiger partial charge on any atom is 0.292 e. The molecule has 2 aromatic heterocycles. The molecule has 3 aromatic carbocycles. The maximum absolute atomic E-state index is 13.7. The standard InChI is InChI=1S/C28H23N3O3/c32-28-24(16-21-10-4-1-5-11-21)26(33-18-22-12-6-2-7-13-22)25-17-29-20-30-27(25)31(28)34-19-23-14-8-3-9-15-23/h1-15,17,20H,16,18-19H2. The van der Waals surface area contributed by atoms with Crippen molar-refractivity contribution in [2.45, 2.75) is 19.6 Å². The molecule has 0 amide bonds. The number of ether oxygens (including phenoxy) is 1. The highest BCUT2D eigenvalue weighted by molar-refractivity contribution is 5.82. The summed E-state index contributed by atoms with van der Waals surface area (Å²) in [5, 5.41) is 0.622. The summed E-state index contributed by atoms with van der Waals surface area (Å²) in [5.74, 6) is 0.480. The summed E-state index contributed by atoms with van der Waals surface area (Å²) in [6.45, 7) is 0.551. The fourth-order valence-corrected chi connectivity index (χ4v) is 3.81. The van der Waals surface area contributed by atoms with E-state index in [0.717, 1.165) is 16.7 Å². The van der Waals surface area contributed by atoms with Crippen LogP contribution in [-0.4, -0.2) is 14.7 Å². The number of rotatable bonds is 8. The van der Waals surface area contributed by atoms with Crippen molar-refractivity contribution in [3.05, 3.63) is 136 Å². The summed E-state index contributed by atoms with van der Waals surface area (Å²) in [6, 6.07) is 29.4. The number of nitrogens with zero attached hydrogens (tertiary/aromatic N) is 3. The van der Waals surface area contributed by atoms with Gasteiger partial charge in [0.05, 0.1) is 10.9 Å². The highest BCUT2D eigenvalue weighted by Gasteiger charge is 2.21. The molecule has 34 heavy (non-hydrogen) atoms. The van der Waals surface area contributed by atoms with Crippen molar-refractivity contribution in [1.82, 2.24) is 14.7 Å². The Labute approximate surface area is 197 Å². The van der Waals surface area contributed by atoms with E-state index >= 15 is 0 Å². The third kappa shape index (κ3) is 4.66. The molecule has 0 aliphatic heterocycles. The second-order valence-electron chi connectivity index (χ2n) is 7.86. The van der Waals surface area contributed by atoms with Gasteiger partial charge in [-0.3, -0.25) is 4.79 Å². The molecule has 5 aromatic rings. The van der Waals surface area contributed by atoms with Crippen LogP contribution >= 0.6 is 0 Å². The minimum Gasteiger partial charge on any atom is -0.488 e. The summed E-state index contributed by atoms with van der Waals surface area (Å²) >= 11 is 0. The highest BCUT2D eigenvalue weighted by atomic mass is 16.7. The van der Waals surface area contributed by atoms with E-state index in [9.17, 15) is 4.79 Å². The molecule has 0 fully saturated rings. The van der Waals surface area contributed by atoms with Crippen LogP contribution in [0.25, 0.3) is 11.0 Å². The van der Waals surface area contributed by atoms with Gasteiger partial charge >= 0.3 is 0 Å². The van der Waals surface area contributed by atoms with Gasteiger partial charge < -0.3 is 9.57 Å². The molecule has 0 aliphatic carbocycles. The number of benzene rings is 3. The second-order valence-corrected chi connectivity index (χ2v) is 7.86. The Kier molecular flexibility index (Phi) is 6.29. The van der Waals surface area contributed by atoms with Crippen molar-refractivity contribution in [3.8, 4) is 5.75 Å². The third-order valence-corrected chi connectivity index (χ3v) is 5.50. The molecule has 168 valence electrons. The summed E-state index contributed by atoms with van der Waals surface area (Å²) in [5.41, 5.74) is 3.52. The van der Waals surface area contributed by atoms with Crippen LogP contribution < -0.4 is 15.1 Å². The summed E-state index contributed by atoms with van der Waals surface area (Å²) in [6.07, 6.45) is 3.46. The van der Waals surface area contributed by atoms with Gasteiger partial charge in [0.1, 0.15) is 25.3 Å². The quantitative estimate of drug-likeness (QED) is 0.347. The normalized spacial score (nSPS) is 10.8. The molecule has 2 heterocycles. The van der Waals surface area contributed by atoms with E-state index in [4.69, 9.17) is 9.57 Å². The molecule has 0 saturated heterocycles. The maximum atomic E-state index is 13.7. The lowest BCUT2D eigenvalue weighted by Gasteiger charge is -2.18. The fourth-order valence-electron chi connectivity index (χ4n) is 3.81. The molecule has 0 radical (unpaired) electrons. The first-order chi connectivity index (χ1) is 16.8. The average Bonchev–Trinajstić information content (AvgIpc) is 2.90. The molecule has 6 heteroatoms. The van der Waals surface area contributed by atoms with Gasteiger partial charge in [-0.2, -0.15) is 0 Å². The Bertz CT molecular complexity index is 1440. The Morgan fingerprint density at radius 2 is 1.32 bits per heavy atom. The zero-order valence-corrected chi connectivity index (χ0v) is 18.5. The minimum atomic E-state index is -0.297. The zero-order chi connectivity index (χ0) is 23.2. The molecule has 0 unspecified atom stereocenters. The molecule has 6 nitrogen and oxygen atoms in total. The number of pyridine rings is 1. The van der Waals surface area contributed by atoms with Crippen molar-refractivity contribution in [1.29, 1.82) is 0 Å². The summed E-state index contributed by atoms with van der Waals surface area (Å²) in [7, 11) is 0. The van der Waals surface area contributed by atoms with Crippen LogP contribution in [0.4, 0.5) is 0 Å². The Morgan fingerprint density at radius 1 is 0.735 bits per heavy atom. The summed E-state index contributed by atoms with van der Waals surface area (Å²) in [4.78, 5) is 28.3. The molecule has 0 bridgehead atoms. The van der Waals surface area contributed by atoms with Gasteiger partial charge in [-0.05, 0) is 16.7 Å². The Morgan fingerprint density at radius 3 is 1.97 bits per heavy atom. The number of hydrogen-bond acceptors (Lipinski definition) is 5. The van der Waals surface area contributed by atoms with E-state index in [0.29, 0.717) is 35.4 Å². The van der Waals surface area contributed by atoms with Gasteiger partial charge in [0.2, 0.25) is 0 Å². The molecule has 0 spiro atoms. The Balaban J connectivity index is 1.61. The monoisotopic (exact) mass is 449 g/mol. The predicted molar refractivity (Wildman–Crippen MR) is 131 cm³/mol. The van der Waals surface area contributed by atoms with Gasteiger partial charge in [-0.1, -0.05) is 91.0 Å². The topological polar surface area (TPSA) is 66.2 Å². The smallest absolute Gasteiger partial charge is 0.292 e. The minimum absolute atomic E-state index is 0.231. The van der Waals surface area contributed by atoms with Crippen molar-refractivity contribution < 1.29 is 9.57 Å². The number of fused-ring (bicyclic) bond motifs is 1. The fraction of sp³-hybridized carbons (Fsp3) is 0.107.